The molecular weight excluding hydrogens is 496 g/mol. The highest BCUT2D eigenvalue weighted by atomic mass is 16.5. The third-order valence-electron chi connectivity index (χ3n) is 6.39. The van der Waals surface area contributed by atoms with Crippen LogP contribution in [0.3, 0.4) is 0 Å². The van der Waals surface area contributed by atoms with Gasteiger partial charge in [-0.1, -0.05) is 64.1 Å². The Morgan fingerprint density at radius 3 is 2.41 bits per heavy atom. The topological polar surface area (TPSA) is 101 Å². The molecule has 39 heavy (non-hydrogen) atoms. The predicted molar refractivity (Wildman–Crippen MR) is 151 cm³/mol. The second kappa shape index (κ2) is 11.7. The molecule has 9 nitrogen and oxygen atoms in total. The molecule has 4 aromatic rings. The van der Waals surface area contributed by atoms with Crippen LogP contribution in [0.25, 0.3) is 28.1 Å². The molecule has 0 fully saturated rings. The third-order valence-corrected chi connectivity index (χ3v) is 6.39. The number of nitrogens with zero attached hydrogens (tertiary/aromatic N) is 4. The molecule has 0 amide bonds. The van der Waals surface area contributed by atoms with E-state index >= 15 is 0 Å². The number of ether oxygens (including phenoxy) is 1. The van der Waals surface area contributed by atoms with E-state index in [1.807, 2.05) is 44.2 Å². The van der Waals surface area contributed by atoms with Crippen molar-refractivity contribution in [1.82, 2.24) is 18.9 Å². The van der Waals surface area contributed by atoms with Crippen molar-refractivity contribution in [2.24, 2.45) is 18.9 Å². The molecule has 0 aliphatic carbocycles. The molecule has 4 rings (SSSR count). The van der Waals surface area contributed by atoms with Crippen LogP contribution in [0.2, 0.25) is 0 Å². The lowest BCUT2D eigenvalue weighted by atomic mass is 10.0. The number of carbonyl (C=O) groups excluding carboxylic acids is 1. The van der Waals surface area contributed by atoms with E-state index in [2.05, 4.69) is 19.9 Å². The molecule has 0 bridgehead atoms. The number of benzene rings is 1. The molecule has 0 atom stereocenters. The minimum absolute atomic E-state index is 0.0268. The minimum atomic E-state index is -0.443. The Bertz CT molecular complexity index is 1620. The van der Waals surface area contributed by atoms with Crippen LogP contribution in [-0.2, 0) is 36.3 Å². The van der Waals surface area contributed by atoms with Gasteiger partial charge in [-0.25, -0.2) is 4.79 Å². The van der Waals surface area contributed by atoms with Crippen molar-refractivity contribution in [3.05, 3.63) is 80.7 Å². The fraction of sp³-hybridized carbons (Fsp3) is 0.400. The van der Waals surface area contributed by atoms with E-state index < -0.39 is 17.2 Å². The van der Waals surface area contributed by atoms with E-state index in [1.54, 1.807) is 21.4 Å². The molecule has 3 aromatic heterocycles. The first kappa shape index (κ1) is 27.9. The van der Waals surface area contributed by atoms with E-state index in [4.69, 9.17) is 14.3 Å². The lowest BCUT2D eigenvalue weighted by Gasteiger charge is -2.12. The molecule has 0 aliphatic rings. The summed E-state index contributed by atoms with van der Waals surface area (Å²) in [5, 5.41) is 5.17. The van der Waals surface area contributed by atoms with Crippen molar-refractivity contribution in [3.63, 3.8) is 0 Å². The average molecular weight is 533 g/mol. The van der Waals surface area contributed by atoms with Crippen molar-refractivity contribution in [2.45, 2.75) is 60.7 Å². The second-order valence-electron chi connectivity index (χ2n) is 10.6. The van der Waals surface area contributed by atoms with Crippen LogP contribution in [0.1, 0.15) is 52.4 Å². The fourth-order valence-electron chi connectivity index (χ4n) is 4.48. The van der Waals surface area contributed by atoms with Gasteiger partial charge in [0.05, 0.1) is 6.54 Å². The maximum absolute atomic E-state index is 13.6. The third kappa shape index (κ3) is 6.13. The SMILES string of the molecule is CC(=O)OCc1ccc(-c2c3c(=O)n(C)c(=O)n(CC(C)C)c3nn2CC(=CCC(C)C)c2ccccc2)o1. The lowest BCUT2D eigenvalue weighted by molar-refractivity contribution is -0.142. The first-order valence-corrected chi connectivity index (χ1v) is 13.2. The molecule has 206 valence electrons. The maximum atomic E-state index is 13.6. The standard InChI is InChI=1S/C30H36N4O5/c1-19(2)12-13-23(22-10-8-7-9-11-22)17-34-27(25-15-14-24(39-25)18-38-21(5)35)26-28(31-34)33(16-20(3)4)30(37)32(6)29(26)36/h7-11,13-15,19-20H,12,16-18H2,1-6H3. The molecule has 9 heteroatoms. The van der Waals surface area contributed by atoms with E-state index in [0.29, 0.717) is 47.3 Å². The molecule has 3 heterocycles. The van der Waals surface area contributed by atoms with Crippen molar-refractivity contribution < 1.29 is 13.9 Å². The van der Waals surface area contributed by atoms with Gasteiger partial charge >= 0.3 is 11.7 Å². The van der Waals surface area contributed by atoms with Gasteiger partial charge in [-0.3, -0.25) is 23.4 Å². The molecule has 0 N–H and O–H groups in total. The summed E-state index contributed by atoms with van der Waals surface area (Å²) in [6, 6.07) is 13.5. The van der Waals surface area contributed by atoms with Crippen LogP contribution < -0.4 is 11.2 Å². The monoisotopic (exact) mass is 532 g/mol. The number of hydrogen-bond donors (Lipinski definition) is 0. The molecule has 0 saturated heterocycles. The molecular formula is C30H36N4O5. The summed E-state index contributed by atoms with van der Waals surface area (Å²) in [4.78, 5) is 38.0. The second-order valence-corrected chi connectivity index (χ2v) is 10.6. The fourth-order valence-corrected chi connectivity index (χ4v) is 4.48. The first-order chi connectivity index (χ1) is 18.6. The van der Waals surface area contributed by atoms with Crippen LogP contribution in [0.4, 0.5) is 0 Å². The summed E-state index contributed by atoms with van der Waals surface area (Å²) >= 11 is 0. The number of esters is 1. The quantitative estimate of drug-likeness (QED) is 0.266. The number of fused-ring (bicyclic) bond motifs is 1. The Kier molecular flexibility index (Phi) is 8.38. The molecule has 0 unspecified atom stereocenters. The molecule has 0 radical (unpaired) electrons. The molecule has 0 saturated carbocycles. The zero-order chi connectivity index (χ0) is 28.3. The van der Waals surface area contributed by atoms with Crippen molar-refractivity contribution in [3.8, 4) is 11.5 Å². The van der Waals surface area contributed by atoms with Crippen molar-refractivity contribution >= 4 is 22.6 Å². The van der Waals surface area contributed by atoms with E-state index in [0.717, 1.165) is 22.1 Å². The van der Waals surface area contributed by atoms with Crippen molar-refractivity contribution in [1.29, 1.82) is 0 Å². The van der Waals surface area contributed by atoms with E-state index in [1.165, 1.54) is 14.0 Å². The van der Waals surface area contributed by atoms with Crippen LogP contribution in [0.5, 0.6) is 0 Å². The zero-order valence-electron chi connectivity index (χ0n) is 23.4. The van der Waals surface area contributed by atoms with Gasteiger partial charge in [0, 0.05) is 20.5 Å². The summed E-state index contributed by atoms with van der Waals surface area (Å²) < 4.78 is 15.6. The number of aromatic nitrogens is 4. The lowest BCUT2D eigenvalue weighted by Crippen LogP contribution is -2.38. The zero-order valence-corrected chi connectivity index (χ0v) is 23.4. The summed E-state index contributed by atoms with van der Waals surface area (Å²) in [5.74, 6) is 1.03. The predicted octanol–water partition coefficient (Wildman–Crippen LogP) is 5.01. The normalized spacial score (nSPS) is 12.2. The minimum Gasteiger partial charge on any atom is -0.458 e. The van der Waals surface area contributed by atoms with Gasteiger partial charge in [-0.2, -0.15) is 5.10 Å². The Morgan fingerprint density at radius 1 is 1.05 bits per heavy atom. The number of carbonyl (C=O) groups is 1. The van der Waals surface area contributed by atoms with Crippen LogP contribution in [-0.4, -0.2) is 24.9 Å². The average Bonchev–Trinajstić information content (AvgIpc) is 3.51. The summed E-state index contributed by atoms with van der Waals surface area (Å²) in [6.07, 6.45) is 3.07. The van der Waals surface area contributed by atoms with Crippen LogP contribution >= 0.6 is 0 Å². The van der Waals surface area contributed by atoms with Crippen molar-refractivity contribution in [2.75, 3.05) is 0 Å². The van der Waals surface area contributed by atoms with Gasteiger partial charge in [0.1, 0.15) is 23.4 Å². The van der Waals surface area contributed by atoms with Gasteiger partial charge < -0.3 is 9.15 Å². The highest BCUT2D eigenvalue weighted by Gasteiger charge is 2.25. The Hall–Kier alpha value is -4.14. The summed E-state index contributed by atoms with van der Waals surface area (Å²) in [7, 11) is 1.48. The first-order valence-electron chi connectivity index (χ1n) is 13.2. The van der Waals surface area contributed by atoms with Crippen LogP contribution in [0.15, 0.2) is 62.5 Å². The molecule has 0 spiro atoms. The maximum Gasteiger partial charge on any atom is 0.332 e. The Balaban J connectivity index is 1.97. The van der Waals surface area contributed by atoms with E-state index in [9.17, 15) is 14.4 Å². The Morgan fingerprint density at radius 2 is 1.77 bits per heavy atom. The summed E-state index contributed by atoms with van der Waals surface area (Å²) in [5.41, 5.74) is 2.03. The van der Waals surface area contributed by atoms with E-state index in [-0.39, 0.29) is 12.5 Å². The Labute approximate surface area is 227 Å². The number of furan rings is 1. The molecule has 0 aliphatic heterocycles. The van der Waals surface area contributed by atoms with Gasteiger partial charge in [-0.15, -0.1) is 0 Å². The number of rotatable bonds is 10. The highest BCUT2D eigenvalue weighted by Crippen LogP contribution is 2.31. The van der Waals surface area contributed by atoms with Crippen LogP contribution in [0, 0.1) is 11.8 Å². The number of hydrogen-bond acceptors (Lipinski definition) is 6. The van der Waals surface area contributed by atoms with Gasteiger partial charge in [0.25, 0.3) is 5.56 Å². The van der Waals surface area contributed by atoms with Gasteiger partial charge in [0.15, 0.2) is 11.4 Å². The van der Waals surface area contributed by atoms with Gasteiger partial charge in [-0.05, 0) is 41.5 Å². The van der Waals surface area contributed by atoms with Gasteiger partial charge in [0.2, 0.25) is 0 Å². The smallest absolute Gasteiger partial charge is 0.332 e. The highest BCUT2D eigenvalue weighted by molar-refractivity contribution is 5.89. The number of allylic oxidation sites excluding steroid dienone is 2. The largest absolute Gasteiger partial charge is 0.458 e. The molecule has 1 aromatic carbocycles. The summed E-state index contributed by atoms with van der Waals surface area (Å²) in [6.45, 7) is 10.4.